The van der Waals surface area contributed by atoms with Crippen molar-refractivity contribution in [3.63, 3.8) is 0 Å². The molecule has 0 aromatic rings. The molecule has 2 heterocycles. The molecule has 1 aliphatic carbocycles. The maximum absolute atomic E-state index is 12.5. The van der Waals surface area contributed by atoms with E-state index in [0.717, 1.165) is 45.2 Å². The lowest BCUT2D eigenvalue weighted by molar-refractivity contribution is -0.150. The fourth-order valence-corrected chi connectivity index (χ4v) is 6.62. The molecule has 5 atom stereocenters. The summed E-state index contributed by atoms with van der Waals surface area (Å²) in [5.74, 6) is -0.649. The molecule has 184 valence electrons. The topological polar surface area (TPSA) is 129 Å². The van der Waals surface area contributed by atoms with Gasteiger partial charge in [0.05, 0.1) is 29.9 Å². The molecule has 0 aromatic carbocycles. The number of nitrogens with one attached hydrogen (secondary N) is 4. The van der Waals surface area contributed by atoms with Crippen LogP contribution in [0.4, 0.5) is 0 Å². The number of hydrogen-bond acceptors (Lipinski definition) is 9. The Labute approximate surface area is 191 Å². The predicted octanol–water partition coefficient (Wildman–Crippen LogP) is -0.628. The first-order chi connectivity index (χ1) is 15.2. The van der Waals surface area contributed by atoms with Crippen LogP contribution in [0.25, 0.3) is 0 Å². The maximum Gasteiger partial charge on any atom is 0.309 e. The number of carbonyl (C=O) groups is 2. The summed E-state index contributed by atoms with van der Waals surface area (Å²) in [6.07, 6.45) is 5.57. The number of hydrogen-bond donors (Lipinski definition) is 4. The Bertz CT molecular complexity index is 756. The minimum Gasteiger partial charge on any atom is -0.466 e. The Morgan fingerprint density at radius 3 is 2.44 bits per heavy atom. The Hall–Kier alpha value is -1.27. The third kappa shape index (κ3) is 6.19. The molecule has 5 unspecified atom stereocenters. The van der Waals surface area contributed by atoms with Gasteiger partial charge in [0.2, 0.25) is 5.91 Å². The van der Waals surface area contributed by atoms with Gasteiger partial charge in [-0.2, -0.15) is 0 Å². The first kappa shape index (κ1) is 25.4. The molecule has 1 saturated carbocycles. The van der Waals surface area contributed by atoms with Crippen molar-refractivity contribution in [2.45, 2.75) is 69.2 Å². The highest BCUT2D eigenvalue weighted by molar-refractivity contribution is 7.91. The van der Waals surface area contributed by atoms with Gasteiger partial charge in [-0.15, -0.1) is 0 Å². The number of piperidine rings is 1. The van der Waals surface area contributed by atoms with E-state index in [1.165, 1.54) is 6.26 Å². The van der Waals surface area contributed by atoms with Crippen LogP contribution in [0, 0.1) is 11.8 Å². The minimum atomic E-state index is -3.18. The van der Waals surface area contributed by atoms with E-state index in [-0.39, 0.29) is 42.2 Å². The summed E-state index contributed by atoms with van der Waals surface area (Å²) < 4.78 is 29.9. The normalized spacial score (nSPS) is 32.9. The van der Waals surface area contributed by atoms with Crippen LogP contribution in [0.15, 0.2) is 0 Å². The lowest BCUT2D eigenvalue weighted by Gasteiger charge is -2.46. The van der Waals surface area contributed by atoms with E-state index >= 15 is 0 Å². The summed E-state index contributed by atoms with van der Waals surface area (Å²) in [5.41, 5.74) is 0. The second-order valence-corrected chi connectivity index (χ2v) is 11.4. The molecule has 3 fully saturated rings. The van der Waals surface area contributed by atoms with Crippen LogP contribution >= 0.6 is 0 Å². The van der Waals surface area contributed by atoms with E-state index in [1.54, 1.807) is 7.05 Å². The molecule has 3 aliphatic rings. The van der Waals surface area contributed by atoms with Crippen molar-refractivity contribution < 1.29 is 22.7 Å². The van der Waals surface area contributed by atoms with Crippen molar-refractivity contribution in [1.82, 2.24) is 26.2 Å². The highest BCUT2D eigenvalue weighted by Crippen LogP contribution is 2.26. The molecular formula is C21H39N5O5S. The second kappa shape index (κ2) is 11.2. The molecule has 0 spiro atoms. The first-order valence-electron chi connectivity index (χ1n) is 11.8. The van der Waals surface area contributed by atoms with Crippen molar-refractivity contribution >= 4 is 21.7 Å². The number of carbonyl (C=O) groups excluding carboxylic acids is 2. The molecule has 0 bridgehead atoms. The number of sulfone groups is 1. The Morgan fingerprint density at radius 2 is 1.81 bits per heavy atom. The minimum absolute atomic E-state index is 0.0694. The third-order valence-corrected chi connectivity index (χ3v) is 8.68. The molecule has 2 saturated heterocycles. The molecule has 10 nitrogen and oxygen atoms in total. The zero-order chi connectivity index (χ0) is 23.3. The van der Waals surface area contributed by atoms with Crippen LogP contribution in [0.2, 0.25) is 0 Å². The van der Waals surface area contributed by atoms with Gasteiger partial charge in [0.15, 0.2) is 9.84 Å². The zero-order valence-corrected chi connectivity index (χ0v) is 20.2. The first-order valence-corrected chi connectivity index (χ1v) is 13.8. The SMILES string of the molecule is CCOC(=O)C1CCN(C2NCC(C(=O)NC)C(NC3CCCCC3S(C)(=O)=O)N2)CC1. The highest BCUT2D eigenvalue weighted by Gasteiger charge is 2.41. The summed E-state index contributed by atoms with van der Waals surface area (Å²) in [7, 11) is -1.57. The summed E-state index contributed by atoms with van der Waals surface area (Å²) in [4.78, 5) is 26.8. The number of amides is 1. The lowest BCUT2D eigenvalue weighted by Crippen LogP contribution is -2.72. The van der Waals surface area contributed by atoms with E-state index < -0.39 is 15.1 Å². The number of nitrogens with zero attached hydrogens (tertiary/aromatic N) is 1. The Kier molecular flexibility index (Phi) is 8.90. The van der Waals surface area contributed by atoms with Crippen molar-refractivity contribution in [2.24, 2.45) is 11.8 Å². The van der Waals surface area contributed by atoms with Gasteiger partial charge in [0.1, 0.15) is 6.29 Å². The summed E-state index contributed by atoms with van der Waals surface area (Å²) in [5, 5.41) is 12.7. The van der Waals surface area contributed by atoms with Gasteiger partial charge in [-0.25, -0.2) is 8.42 Å². The number of likely N-dealkylation sites (tertiary alicyclic amines) is 1. The average molecular weight is 474 g/mol. The van der Waals surface area contributed by atoms with Gasteiger partial charge in [-0.3, -0.25) is 30.4 Å². The van der Waals surface area contributed by atoms with E-state index in [4.69, 9.17) is 4.74 Å². The van der Waals surface area contributed by atoms with Gasteiger partial charge in [0.25, 0.3) is 0 Å². The number of esters is 1. The molecule has 2 aliphatic heterocycles. The van der Waals surface area contributed by atoms with Gasteiger partial charge < -0.3 is 10.1 Å². The Morgan fingerprint density at radius 1 is 1.12 bits per heavy atom. The molecular weight excluding hydrogens is 434 g/mol. The highest BCUT2D eigenvalue weighted by atomic mass is 32.2. The predicted molar refractivity (Wildman–Crippen MR) is 121 cm³/mol. The molecule has 3 rings (SSSR count). The van der Waals surface area contributed by atoms with Crippen LogP contribution < -0.4 is 21.3 Å². The van der Waals surface area contributed by atoms with Crippen LogP contribution in [0.5, 0.6) is 0 Å². The molecule has 0 aromatic heterocycles. The maximum atomic E-state index is 12.5. The second-order valence-electron chi connectivity index (χ2n) is 9.16. The largest absolute Gasteiger partial charge is 0.466 e. The van der Waals surface area contributed by atoms with Crippen molar-refractivity contribution in [1.29, 1.82) is 0 Å². The standard InChI is InChI=1S/C21H39N5O5S/c1-4-31-20(28)14-9-11-26(12-10-14)21-23-13-15(19(27)22-2)18(25-21)24-16-7-5-6-8-17(16)32(3,29)30/h14-18,21,23-25H,4-13H2,1-3H3,(H,22,27). The van der Waals surface area contributed by atoms with Crippen molar-refractivity contribution in [3.8, 4) is 0 Å². The molecule has 0 radical (unpaired) electrons. The van der Waals surface area contributed by atoms with Crippen LogP contribution in [0.1, 0.15) is 45.4 Å². The fraction of sp³-hybridized carbons (Fsp3) is 0.905. The monoisotopic (exact) mass is 473 g/mol. The van der Waals surface area contributed by atoms with E-state index in [9.17, 15) is 18.0 Å². The third-order valence-electron chi connectivity index (χ3n) is 7.01. The quantitative estimate of drug-likeness (QED) is 0.357. The van der Waals surface area contributed by atoms with Crippen molar-refractivity contribution in [3.05, 3.63) is 0 Å². The molecule has 32 heavy (non-hydrogen) atoms. The zero-order valence-electron chi connectivity index (χ0n) is 19.4. The van der Waals surface area contributed by atoms with Gasteiger partial charge in [0, 0.05) is 39.0 Å². The molecule has 1 amide bonds. The number of rotatable bonds is 7. The number of ether oxygens (including phenoxy) is 1. The van der Waals surface area contributed by atoms with Gasteiger partial charge in [-0.1, -0.05) is 12.8 Å². The lowest BCUT2D eigenvalue weighted by atomic mass is 9.92. The average Bonchev–Trinajstić information content (AvgIpc) is 2.78. The van der Waals surface area contributed by atoms with Gasteiger partial charge >= 0.3 is 5.97 Å². The van der Waals surface area contributed by atoms with E-state index in [2.05, 4.69) is 26.2 Å². The molecule has 11 heteroatoms. The summed E-state index contributed by atoms with van der Waals surface area (Å²) in [6.45, 7) is 4.17. The fourth-order valence-electron chi connectivity index (χ4n) is 5.21. The van der Waals surface area contributed by atoms with Crippen molar-refractivity contribution in [2.75, 3.05) is 39.5 Å². The van der Waals surface area contributed by atoms with Crippen LogP contribution in [0.3, 0.4) is 0 Å². The summed E-state index contributed by atoms with van der Waals surface area (Å²) in [6, 6.07) is -0.184. The summed E-state index contributed by atoms with van der Waals surface area (Å²) >= 11 is 0. The van der Waals surface area contributed by atoms with Crippen LogP contribution in [-0.4, -0.2) is 88.5 Å². The van der Waals surface area contributed by atoms with Crippen LogP contribution in [-0.2, 0) is 24.2 Å². The Balaban J connectivity index is 1.66. The molecule has 4 N–H and O–H groups in total. The van der Waals surface area contributed by atoms with E-state index in [0.29, 0.717) is 19.6 Å². The smallest absolute Gasteiger partial charge is 0.309 e. The van der Waals surface area contributed by atoms with E-state index in [1.807, 2.05) is 6.92 Å². The van der Waals surface area contributed by atoms with Gasteiger partial charge in [-0.05, 0) is 32.6 Å².